The van der Waals surface area contributed by atoms with Crippen LogP contribution in [0.15, 0.2) is 0 Å². The molecule has 2 saturated carbocycles. The summed E-state index contributed by atoms with van der Waals surface area (Å²) in [5.41, 5.74) is 0. The summed E-state index contributed by atoms with van der Waals surface area (Å²) in [6.07, 6.45) is 8.56. The predicted molar refractivity (Wildman–Crippen MR) is 65.1 cm³/mol. The van der Waals surface area contributed by atoms with Gasteiger partial charge in [-0.05, 0) is 51.6 Å². The molecule has 0 amide bonds. The summed E-state index contributed by atoms with van der Waals surface area (Å²) >= 11 is 0. The van der Waals surface area contributed by atoms with E-state index >= 15 is 0 Å². The zero-order valence-corrected chi connectivity index (χ0v) is 10.3. The molecule has 0 aliphatic heterocycles. The molecule has 2 aliphatic carbocycles. The van der Waals surface area contributed by atoms with Crippen molar-refractivity contribution in [1.82, 2.24) is 10.2 Å². The predicted octanol–water partition coefficient (Wildman–Crippen LogP) is 2.25. The summed E-state index contributed by atoms with van der Waals surface area (Å²) in [4.78, 5) is 2.63. The van der Waals surface area contributed by atoms with E-state index in [1.165, 1.54) is 45.1 Å². The fourth-order valence-corrected chi connectivity index (χ4v) is 2.90. The summed E-state index contributed by atoms with van der Waals surface area (Å²) in [7, 11) is 2.33. The Bertz CT molecular complexity index is 187. The summed E-state index contributed by atoms with van der Waals surface area (Å²) in [5.74, 6) is 1.04. The molecule has 0 aromatic heterocycles. The third-order valence-electron chi connectivity index (χ3n) is 4.01. The van der Waals surface area contributed by atoms with Crippen LogP contribution in [-0.2, 0) is 0 Å². The molecule has 2 rings (SSSR count). The van der Waals surface area contributed by atoms with Crippen molar-refractivity contribution < 1.29 is 0 Å². The van der Waals surface area contributed by atoms with Gasteiger partial charge in [-0.3, -0.25) is 0 Å². The van der Waals surface area contributed by atoms with Crippen molar-refractivity contribution in [3.8, 4) is 0 Å². The lowest BCUT2D eigenvalue weighted by Crippen LogP contribution is -2.43. The molecule has 2 fully saturated rings. The van der Waals surface area contributed by atoms with Crippen molar-refractivity contribution in [3.63, 3.8) is 0 Å². The highest BCUT2D eigenvalue weighted by Gasteiger charge is 2.28. The van der Waals surface area contributed by atoms with Crippen LogP contribution < -0.4 is 5.32 Å². The van der Waals surface area contributed by atoms with Crippen LogP contribution in [-0.4, -0.2) is 37.1 Å². The van der Waals surface area contributed by atoms with Gasteiger partial charge in [0.25, 0.3) is 0 Å². The first-order valence-corrected chi connectivity index (χ1v) is 6.73. The third-order valence-corrected chi connectivity index (χ3v) is 4.01. The van der Waals surface area contributed by atoms with E-state index in [9.17, 15) is 0 Å². The van der Waals surface area contributed by atoms with E-state index in [0.29, 0.717) is 0 Å². The van der Waals surface area contributed by atoms with Gasteiger partial charge in [0.15, 0.2) is 0 Å². The summed E-state index contributed by atoms with van der Waals surface area (Å²) in [5, 5.41) is 3.61. The fraction of sp³-hybridized carbons (Fsp3) is 1.00. The first-order chi connectivity index (χ1) is 7.29. The molecule has 0 saturated heterocycles. The third kappa shape index (κ3) is 3.46. The van der Waals surface area contributed by atoms with E-state index in [0.717, 1.165) is 24.5 Å². The highest BCUT2D eigenvalue weighted by atomic mass is 15.1. The fourth-order valence-electron chi connectivity index (χ4n) is 2.90. The Balaban J connectivity index is 1.74. The van der Waals surface area contributed by atoms with E-state index in [2.05, 4.69) is 24.2 Å². The molecule has 2 unspecified atom stereocenters. The first kappa shape index (κ1) is 11.4. The minimum absolute atomic E-state index is 0.787. The minimum atomic E-state index is 0.787. The maximum absolute atomic E-state index is 3.61. The monoisotopic (exact) mass is 210 g/mol. The van der Waals surface area contributed by atoms with Gasteiger partial charge < -0.3 is 10.2 Å². The maximum Gasteiger partial charge on any atom is 0.0107 e. The van der Waals surface area contributed by atoms with E-state index < -0.39 is 0 Å². The van der Waals surface area contributed by atoms with Crippen molar-refractivity contribution in [2.24, 2.45) is 5.92 Å². The van der Waals surface area contributed by atoms with Crippen LogP contribution in [0.3, 0.4) is 0 Å². The average molecular weight is 210 g/mol. The number of hydrogen-bond donors (Lipinski definition) is 1. The van der Waals surface area contributed by atoms with Gasteiger partial charge in [-0.25, -0.2) is 0 Å². The molecule has 0 spiro atoms. The van der Waals surface area contributed by atoms with Crippen molar-refractivity contribution in [2.45, 2.75) is 57.5 Å². The second kappa shape index (κ2) is 5.31. The Hall–Kier alpha value is -0.0800. The van der Waals surface area contributed by atoms with E-state index in [4.69, 9.17) is 0 Å². The summed E-state index contributed by atoms with van der Waals surface area (Å²) < 4.78 is 0. The lowest BCUT2D eigenvalue weighted by Gasteiger charge is -2.35. The van der Waals surface area contributed by atoms with Crippen molar-refractivity contribution in [3.05, 3.63) is 0 Å². The molecule has 0 heterocycles. The standard InChI is InChI=1S/C13H26N2/c1-3-14-12-5-4-6-13(9-12)15(2)10-11-7-8-11/h11-14H,3-10H2,1-2H3. The zero-order chi connectivity index (χ0) is 10.7. The van der Waals surface area contributed by atoms with Gasteiger partial charge in [0.05, 0.1) is 0 Å². The quantitative estimate of drug-likeness (QED) is 0.749. The largest absolute Gasteiger partial charge is 0.314 e. The summed E-state index contributed by atoms with van der Waals surface area (Å²) in [6.45, 7) is 4.70. The van der Waals surface area contributed by atoms with Crippen LogP contribution in [0.2, 0.25) is 0 Å². The van der Waals surface area contributed by atoms with E-state index in [1.807, 2.05) is 0 Å². The van der Waals surface area contributed by atoms with Crippen LogP contribution in [0.5, 0.6) is 0 Å². The molecular formula is C13H26N2. The SMILES string of the molecule is CCNC1CCCC(N(C)CC2CC2)C1. The Morgan fingerprint density at radius 1 is 1.20 bits per heavy atom. The Morgan fingerprint density at radius 3 is 2.67 bits per heavy atom. The molecule has 0 aromatic carbocycles. The van der Waals surface area contributed by atoms with E-state index in [1.54, 1.807) is 0 Å². The smallest absolute Gasteiger partial charge is 0.0107 e. The molecule has 15 heavy (non-hydrogen) atoms. The van der Waals surface area contributed by atoms with Gasteiger partial charge in [-0.1, -0.05) is 13.3 Å². The highest BCUT2D eigenvalue weighted by molar-refractivity contribution is 4.85. The molecule has 0 bridgehead atoms. The van der Waals surface area contributed by atoms with Gasteiger partial charge >= 0.3 is 0 Å². The van der Waals surface area contributed by atoms with Crippen molar-refractivity contribution in [1.29, 1.82) is 0 Å². The number of nitrogens with zero attached hydrogens (tertiary/aromatic N) is 1. The van der Waals surface area contributed by atoms with Gasteiger partial charge in [-0.15, -0.1) is 0 Å². The second-order valence-electron chi connectivity index (χ2n) is 5.46. The number of rotatable bonds is 5. The molecule has 88 valence electrons. The van der Waals surface area contributed by atoms with Crippen LogP contribution in [0, 0.1) is 5.92 Å². The van der Waals surface area contributed by atoms with Gasteiger partial charge in [0.2, 0.25) is 0 Å². The molecule has 1 N–H and O–H groups in total. The van der Waals surface area contributed by atoms with Crippen molar-refractivity contribution >= 4 is 0 Å². The van der Waals surface area contributed by atoms with Gasteiger partial charge in [0.1, 0.15) is 0 Å². The van der Waals surface area contributed by atoms with Gasteiger partial charge in [-0.2, -0.15) is 0 Å². The minimum Gasteiger partial charge on any atom is -0.314 e. The lowest BCUT2D eigenvalue weighted by molar-refractivity contribution is 0.164. The normalized spacial score (nSPS) is 32.2. The maximum atomic E-state index is 3.61. The molecule has 2 atom stereocenters. The molecule has 0 radical (unpaired) electrons. The number of hydrogen-bond acceptors (Lipinski definition) is 2. The first-order valence-electron chi connectivity index (χ1n) is 6.73. The zero-order valence-electron chi connectivity index (χ0n) is 10.3. The van der Waals surface area contributed by atoms with Crippen LogP contribution in [0.25, 0.3) is 0 Å². The Kier molecular flexibility index (Phi) is 4.04. The Labute approximate surface area is 94.4 Å². The molecule has 2 aliphatic rings. The average Bonchev–Trinajstić information content (AvgIpc) is 3.03. The molecule has 2 heteroatoms. The topological polar surface area (TPSA) is 15.3 Å². The molecule has 0 aromatic rings. The molecule has 2 nitrogen and oxygen atoms in total. The Morgan fingerprint density at radius 2 is 2.00 bits per heavy atom. The number of nitrogens with one attached hydrogen (secondary N) is 1. The van der Waals surface area contributed by atoms with Crippen LogP contribution in [0.4, 0.5) is 0 Å². The van der Waals surface area contributed by atoms with E-state index in [-0.39, 0.29) is 0 Å². The van der Waals surface area contributed by atoms with Crippen LogP contribution in [0.1, 0.15) is 45.4 Å². The second-order valence-corrected chi connectivity index (χ2v) is 5.46. The summed E-state index contributed by atoms with van der Waals surface area (Å²) in [6, 6.07) is 1.64. The highest BCUT2D eigenvalue weighted by Crippen LogP contribution is 2.31. The van der Waals surface area contributed by atoms with Crippen molar-refractivity contribution in [2.75, 3.05) is 20.1 Å². The van der Waals surface area contributed by atoms with Crippen LogP contribution >= 0.6 is 0 Å². The lowest BCUT2D eigenvalue weighted by atomic mass is 9.90. The molecular weight excluding hydrogens is 184 g/mol. The van der Waals surface area contributed by atoms with Gasteiger partial charge in [0, 0.05) is 18.6 Å².